The molecule has 156 valence electrons. The van der Waals surface area contributed by atoms with Crippen LogP contribution in [0.25, 0.3) is 0 Å². The first-order chi connectivity index (χ1) is 13.9. The van der Waals surface area contributed by atoms with Gasteiger partial charge < -0.3 is 14.8 Å². The van der Waals surface area contributed by atoms with Crippen LogP contribution >= 0.6 is 23.2 Å². The van der Waals surface area contributed by atoms with Crippen LogP contribution in [-0.2, 0) is 26.1 Å². The molecular formula is C19H20Cl2N2O5S. The van der Waals surface area contributed by atoms with Gasteiger partial charge in [0.15, 0.2) is 6.61 Å². The molecule has 1 saturated heterocycles. The Labute approximate surface area is 179 Å². The predicted molar refractivity (Wildman–Crippen MR) is 110 cm³/mol. The van der Waals surface area contributed by atoms with Gasteiger partial charge in [0.25, 0.3) is 5.91 Å². The van der Waals surface area contributed by atoms with Crippen molar-refractivity contribution in [2.45, 2.75) is 11.4 Å². The first-order valence-corrected chi connectivity index (χ1v) is 11.1. The van der Waals surface area contributed by atoms with Crippen LogP contribution < -0.4 is 10.1 Å². The van der Waals surface area contributed by atoms with E-state index in [-0.39, 0.29) is 41.3 Å². The van der Waals surface area contributed by atoms with E-state index in [2.05, 4.69) is 5.32 Å². The fraction of sp³-hybridized carbons (Fsp3) is 0.316. The highest BCUT2D eigenvalue weighted by atomic mass is 35.5. The maximum Gasteiger partial charge on any atom is 0.258 e. The summed E-state index contributed by atoms with van der Waals surface area (Å²) in [6.45, 7) is 1.11. The van der Waals surface area contributed by atoms with Crippen LogP contribution in [0.2, 0.25) is 10.0 Å². The number of hydrogen-bond donors (Lipinski definition) is 1. The molecule has 0 aliphatic carbocycles. The van der Waals surface area contributed by atoms with Gasteiger partial charge in [-0.1, -0.05) is 35.3 Å². The highest BCUT2D eigenvalue weighted by Crippen LogP contribution is 2.30. The van der Waals surface area contributed by atoms with Gasteiger partial charge >= 0.3 is 0 Å². The second kappa shape index (κ2) is 9.77. The van der Waals surface area contributed by atoms with E-state index < -0.39 is 10.0 Å². The fourth-order valence-electron chi connectivity index (χ4n) is 2.73. The molecular weight excluding hydrogens is 439 g/mol. The van der Waals surface area contributed by atoms with E-state index in [0.29, 0.717) is 24.8 Å². The van der Waals surface area contributed by atoms with Gasteiger partial charge in [0.1, 0.15) is 10.6 Å². The summed E-state index contributed by atoms with van der Waals surface area (Å²) < 4.78 is 38.0. The minimum Gasteiger partial charge on any atom is -0.482 e. The third-order valence-electron chi connectivity index (χ3n) is 4.26. The molecule has 1 heterocycles. The average molecular weight is 459 g/mol. The average Bonchev–Trinajstić information content (AvgIpc) is 2.73. The first-order valence-electron chi connectivity index (χ1n) is 8.87. The zero-order valence-electron chi connectivity index (χ0n) is 15.4. The van der Waals surface area contributed by atoms with Crippen molar-refractivity contribution < 1.29 is 22.7 Å². The summed E-state index contributed by atoms with van der Waals surface area (Å²) in [4.78, 5) is 12.0. The van der Waals surface area contributed by atoms with Gasteiger partial charge in [-0.15, -0.1) is 0 Å². The third kappa shape index (κ3) is 5.83. The number of nitrogens with one attached hydrogen (secondary N) is 1. The molecule has 1 aliphatic rings. The standard InChI is InChI=1S/C19H20Cl2N2O5S/c20-15-3-1-14(2-4-15)12-22-19(24)13-28-17-6-5-16(21)11-18(17)29(25,26)23-7-9-27-10-8-23/h1-6,11H,7-10,12-13H2,(H,22,24). The fourth-order valence-corrected chi connectivity index (χ4v) is 4.65. The quantitative estimate of drug-likeness (QED) is 0.689. The Hall–Kier alpha value is -1.84. The Morgan fingerprint density at radius 3 is 2.41 bits per heavy atom. The maximum absolute atomic E-state index is 13.0. The van der Waals surface area contributed by atoms with Crippen LogP contribution in [0.3, 0.4) is 0 Å². The van der Waals surface area contributed by atoms with Crippen molar-refractivity contribution in [2.24, 2.45) is 0 Å². The number of hydrogen-bond acceptors (Lipinski definition) is 5. The van der Waals surface area contributed by atoms with E-state index in [4.69, 9.17) is 32.7 Å². The normalized spacial score (nSPS) is 15.1. The summed E-state index contributed by atoms with van der Waals surface area (Å²) in [6.07, 6.45) is 0. The molecule has 1 aliphatic heterocycles. The largest absolute Gasteiger partial charge is 0.482 e. The second-order valence-corrected chi connectivity index (χ2v) is 9.08. The summed E-state index contributed by atoms with van der Waals surface area (Å²) in [5, 5.41) is 3.58. The molecule has 0 unspecified atom stereocenters. The molecule has 1 fully saturated rings. The van der Waals surface area contributed by atoms with E-state index in [1.165, 1.54) is 22.5 Å². The highest BCUT2D eigenvalue weighted by Gasteiger charge is 2.29. The van der Waals surface area contributed by atoms with Crippen LogP contribution in [-0.4, -0.2) is 51.5 Å². The van der Waals surface area contributed by atoms with Gasteiger partial charge in [-0.25, -0.2) is 8.42 Å². The van der Waals surface area contributed by atoms with Crippen LogP contribution in [0.4, 0.5) is 0 Å². The topological polar surface area (TPSA) is 84.9 Å². The van der Waals surface area contributed by atoms with Gasteiger partial charge in [0.2, 0.25) is 10.0 Å². The monoisotopic (exact) mass is 458 g/mol. The molecule has 2 aromatic carbocycles. The minimum absolute atomic E-state index is 0.0718. The number of carbonyl (C=O) groups is 1. The SMILES string of the molecule is O=C(COc1ccc(Cl)cc1S(=O)(=O)N1CCOCC1)NCc1ccc(Cl)cc1. The minimum atomic E-state index is -3.82. The van der Waals surface area contributed by atoms with Crippen molar-refractivity contribution in [1.82, 2.24) is 9.62 Å². The van der Waals surface area contributed by atoms with Gasteiger partial charge in [0.05, 0.1) is 13.2 Å². The lowest BCUT2D eigenvalue weighted by Crippen LogP contribution is -2.40. The van der Waals surface area contributed by atoms with Gasteiger partial charge in [-0.3, -0.25) is 4.79 Å². The zero-order chi connectivity index (χ0) is 20.9. The van der Waals surface area contributed by atoms with E-state index in [1.807, 2.05) is 0 Å². The molecule has 0 radical (unpaired) electrons. The van der Waals surface area contributed by atoms with Crippen molar-refractivity contribution in [1.29, 1.82) is 0 Å². The molecule has 0 aromatic heterocycles. The van der Waals surface area contributed by atoms with Gasteiger partial charge in [0, 0.05) is 29.7 Å². The number of morpholine rings is 1. The van der Waals surface area contributed by atoms with E-state index >= 15 is 0 Å². The summed E-state index contributed by atoms with van der Waals surface area (Å²) in [6, 6.07) is 11.4. The number of benzene rings is 2. The summed E-state index contributed by atoms with van der Waals surface area (Å²) in [5.41, 5.74) is 0.879. The molecule has 2 aromatic rings. The summed E-state index contributed by atoms with van der Waals surface area (Å²) >= 11 is 11.8. The van der Waals surface area contributed by atoms with Crippen molar-refractivity contribution >= 4 is 39.1 Å². The molecule has 3 rings (SSSR count). The zero-order valence-corrected chi connectivity index (χ0v) is 17.8. The molecule has 10 heteroatoms. The Bertz CT molecular complexity index is 961. The third-order valence-corrected chi connectivity index (χ3v) is 6.66. The second-order valence-electron chi connectivity index (χ2n) is 6.30. The van der Waals surface area contributed by atoms with Crippen molar-refractivity contribution in [3.63, 3.8) is 0 Å². The summed E-state index contributed by atoms with van der Waals surface area (Å²) in [5.74, 6) is -0.313. The van der Waals surface area contributed by atoms with Crippen molar-refractivity contribution in [2.75, 3.05) is 32.9 Å². The Balaban J connectivity index is 1.66. The number of sulfonamides is 1. The lowest BCUT2D eigenvalue weighted by atomic mass is 10.2. The van der Waals surface area contributed by atoms with Crippen LogP contribution in [0, 0.1) is 0 Å². The summed E-state index contributed by atoms with van der Waals surface area (Å²) in [7, 11) is -3.82. The Morgan fingerprint density at radius 1 is 1.07 bits per heavy atom. The molecule has 0 saturated carbocycles. The number of ether oxygens (including phenoxy) is 2. The van der Waals surface area contributed by atoms with E-state index in [9.17, 15) is 13.2 Å². The van der Waals surface area contributed by atoms with Gasteiger partial charge in [-0.05, 0) is 35.9 Å². The van der Waals surface area contributed by atoms with Crippen LogP contribution in [0.5, 0.6) is 5.75 Å². The number of rotatable bonds is 7. The van der Waals surface area contributed by atoms with Crippen LogP contribution in [0.1, 0.15) is 5.56 Å². The highest BCUT2D eigenvalue weighted by molar-refractivity contribution is 7.89. The smallest absolute Gasteiger partial charge is 0.258 e. The first kappa shape index (κ1) is 21.9. The molecule has 1 N–H and O–H groups in total. The van der Waals surface area contributed by atoms with E-state index in [0.717, 1.165) is 5.56 Å². The molecule has 0 bridgehead atoms. The van der Waals surface area contributed by atoms with Crippen molar-refractivity contribution in [3.05, 3.63) is 58.1 Å². The molecule has 0 spiro atoms. The number of nitrogens with zero attached hydrogens (tertiary/aromatic N) is 1. The lowest BCUT2D eigenvalue weighted by molar-refractivity contribution is -0.123. The van der Waals surface area contributed by atoms with E-state index in [1.54, 1.807) is 24.3 Å². The molecule has 1 amide bonds. The Kier molecular flexibility index (Phi) is 7.37. The molecule has 0 atom stereocenters. The number of amides is 1. The predicted octanol–water partition coefficient (Wildman–Crippen LogP) is 2.71. The maximum atomic E-state index is 13.0. The Morgan fingerprint density at radius 2 is 1.72 bits per heavy atom. The van der Waals surface area contributed by atoms with Gasteiger partial charge in [-0.2, -0.15) is 4.31 Å². The number of carbonyl (C=O) groups excluding carboxylic acids is 1. The van der Waals surface area contributed by atoms with Crippen molar-refractivity contribution in [3.8, 4) is 5.75 Å². The lowest BCUT2D eigenvalue weighted by Gasteiger charge is -2.26. The number of halogens is 2. The molecule has 29 heavy (non-hydrogen) atoms. The molecule has 7 nitrogen and oxygen atoms in total. The van der Waals surface area contributed by atoms with Crippen LogP contribution in [0.15, 0.2) is 47.4 Å².